The fourth-order valence-electron chi connectivity index (χ4n) is 1.94. The molecule has 8 heteroatoms. The van der Waals surface area contributed by atoms with Crippen LogP contribution >= 0.6 is 0 Å². The molecule has 0 aromatic carbocycles. The van der Waals surface area contributed by atoms with Crippen molar-refractivity contribution < 1.29 is 13.9 Å². The van der Waals surface area contributed by atoms with Gasteiger partial charge in [-0.15, -0.1) is 10.2 Å². The van der Waals surface area contributed by atoms with Gasteiger partial charge in [-0.25, -0.2) is 0 Å². The summed E-state index contributed by atoms with van der Waals surface area (Å²) in [6, 6.07) is 1.30. The molecule has 2 aromatic rings. The van der Waals surface area contributed by atoms with E-state index in [2.05, 4.69) is 10.2 Å². The molecule has 0 aliphatic rings. The van der Waals surface area contributed by atoms with E-state index in [1.165, 1.54) is 12.0 Å². The fraction of sp³-hybridized carbons (Fsp3) is 0.429. The van der Waals surface area contributed by atoms with Crippen molar-refractivity contribution >= 4 is 5.91 Å². The summed E-state index contributed by atoms with van der Waals surface area (Å²) >= 11 is 0. The minimum Gasteiger partial charge on any atom is -0.490 e. The molecule has 0 aliphatic carbocycles. The van der Waals surface area contributed by atoms with Gasteiger partial charge in [-0.1, -0.05) is 0 Å². The quantitative estimate of drug-likeness (QED) is 0.821. The summed E-state index contributed by atoms with van der Waals surface area (Å²) < 4.78 is 11.8. The number of methoxy groups -OCH3 is 1. The Hall–Kier alpha value is -2.64. The Labute approximate surface area is 127 Å². The molecule has 0 atom stereocenters. The SMILES string of the molecule is COc1coc(C(=O)N(C)Cc2nncn2C(C)C)cc1=O. The molecule has 0 radical (unpaired) electrons. The minimum atomic E-state index is -0.418. The van der Waals surface area contributed by atoms with Gasteiger partial charge in [0.2, 0.25) is 11.2 Å². The summed E-state index contributed by atoms with van der Waals surface area (Å²) in [6.45, 7) is 4.25. The Bertz CT molecular complexity index is 720. The van der Waals surface area contributed by atoms with Crippen molar-refractivity contribution in [1.82, 2.24) is 19.7 Å². The van der Waals surface area contributed by atoms with Crippen LogP contribution in [0.1, 0.15) is 36.3 Å². The van der Waals surface area contributed by atoms with Crippen LogP contribution in [0, 0.1) is 0 Å². The Kier molecular flexibility index (Phi) is 4.59. The highest BCUT2D eigenvalue weighted by Gasteiger charge is 2.19. The van der Waals surface area contributed by atoms with Crippen LogP contribution in [0.3, 0.4) is 0 Å². The number of rotatable bonds is 5. The zero-order valence-corrected chi connectivity index (χ0v) is 12.9. The Balaban J connectivity index is 2.17. The van der Waals surface area contributed by atoms with Gasteiger partial charge in [-0.3, -0.25) is 9.59 Å². The third kappa shape index (κ3) is 3.16. The van der Waals surface area contributed by atoms with Gasteiger partial charge in [-0.2, -0.15) is 0 Å². The lowest BCUT2D eigenvalue weighted by Crippen LogP contribution is -2.28. The highest BCUT2D eigenvalue weighted by atomic mass is 16.5. The van der Waals surface area contributed by atoms with Crippen molar-refractivity contribution in [2.45, 2.75) is 26.4 Å². The highest BCUT2D eigenvalue weighted by molar-refractivity contribution is 5.91. The van der Waals surface area contributed by atoms with Gasteiger partial charge in [0.05, 0.1) is 13.7 Å². The Morgan fingerprint density at radius 2 is 2.23 bits per heavy atom. The lowest BCUT2D eigenvalue weighted by atomic mass is 10.3. The summed E-state index contributed by atoms with van der Waals surface area (Å²) in [5.41, 5.74) is -0.407. The van der Waals surface area contributed by atoms with E-state index in [0.29, 0.717) is 5.82 Å². The number of ether oxygens (including phenoxy) is 1. The molecule has 8 nitrogen and oxygen atoms in total. The van der Waals surface area contributed by atoms with E-state index >= 15 is 0 Å². The molecule has 0 unspecified atom stereocenters. The third-order valence-electron chi connectivity index (χ3n) is 3.16. The Morgan fingerprint density at radius 1 is 1.50 bits per heavy atom. The normalized spacial score (nSPS) is 10.8. The number of hydrogen-bond donors (Lipinski definition) is 0. The molecule has 0 N–H and O–H groups in total. The van der Waals surface area contributed by atoms with E-state index < -0.39 is 11.3 Å². The number of hydrogen-bond acceptors (Lipinski definition) is 6. The summed E-state index contributed by atoms with van der Waals surface area (Å²) in [5.74, 6) is 0.238. The fourth-order valence-corrected chi connectivity index (χ4v) is 1.94. The predicted molar refractivity (Wildman–Crippen MR) is 77.7 cm³/mol. The molecular formula is C14H18N4O4. The molecule has 1 amide bonds. The summed E-state index contributed by atoms with van der Waals surface area (Å²) in [7, 11) is 2.96. The lowest BCUT2D eigenvalue weighted by molar-refractivity contribution is 0.0744. The summed E-state index contributed by atoms with van der Waals surface area (Å²) in [5, 5.41) is 7.86. The second kappa shape index (κ2) is 6.42. The van der Waals surface area contributed by atoms with E-state index in [-0.39, 0.29) is 24.1 Å². The van der Waals surface area contributed by atoms with Crippen molar-refractivity contribution in [2.75, 3.05) is 14.2 Å². The first-order chi connectivity index (χ1) is 10.4. The number of carbonyl (C=O) groups excluding carboxylic acids is 1. The standard InChI is InChI=1S/C14H18N4O4/c1-9(2)18-8-15-16-13(18)6-17(3)14(20)11-5-10(19)12(21-4)7-22-11/h5,7-9H,6H2,1-4H3. The molecule has 0 bridgehead atoms. The first-order valence-electron chi connectivity index (χ1n) is 6.74. The monoisotopic (exact) mass is 306 g/mol. The van der Waals surface area contributed by atoms with Crippen LogP contribution in [0.15, 0.2) is 27.9 Å². The number of nitrogens with zero attached hydrogens (tertiary/aromatic N) is 4. The van der Waals surface area contributed by atoms with E-state index in [9.17, 15) is 9.59 Å². The highest BCUT2D eigenvalue weighted by Crippen LogP contribution is 2.11. The molecule has 118 valence electrons. The zero-order valence-electron chi connectivity index (χ0n) is 12.9. The second-order valence-electron chi connectivity index (χ2n) is 5.09. The molecule has 0 saturated carbocycles. The van der Waals surface area contributed by atoms with Crippen LogP contribution in [0.2, 0.25) is 0 Å². The predicted octanol–water partition coefficient (Wildman–Crippen LogP) is 1.09. The molecule has 0 aliphatic heterocycles. The van der Waals surface area contributed by atoms with E-state index in [4.69, 9.17) is 9.15 Å². The van der Waals surface area contributed by atoms with Crippen molar-refractivity contribution in [3.05, 3.63) is 40.5 Å². The minimum absolute atomic E-state index is 0.0519. The largest absolute Gasteiger partial charge is 0.490 e. The molecule has 0 saturated heterocycles. The first kappa shape index (κ1) is 15.7. The lowest BCUT2D eigenvalue weighted by Gasteiger charge is -2.17. The molecule has 0 spiro atoms. The van der Waals surface area contributed by atoms with Crippen LogP contribution in [-0.4, -0.2) is 39.7 Å². The van der Waals surface area contributed by atoms with Crippen molar-refractivity contribution in [3.8, 4) is 5.75 Å². The van der Waals surface area contributed by atoms with E-state index in [1.54, 1.807) is 13.4 Å². The average Bonchev–Trinajstić information content (AvgIpc) is 2.94. The van der Waals surface area contributed by atoms with Crippen molar-refractivity contribution in [1.29, 1.82) is 0 Å². The molecule has 2 heterocycles. The first-order valence-corrected chi connectivity index (χ1v) is 6.74. The van der Waals surface area contributed by atoms with Gasteiger partial charge in [0.1, 0.15) is 12.6 Å². The van der Waals surface area contributed by atoms with Crippen molar-refractivity contribution in [2.24, 2.45) is 0 Å². The van der Waals surface area contributed by atoms with Gasteiger partial charge in [-0.05, 0) is 13.8 Å². The third-order valence-corrected chi connectivity index (χ3v) is 3.16. The smallest absolute Gasteiger partial charge is 0.289 e. The molecule has 2 aromatic heterocycles. The molecular weight excluding hydrogens is 288 g/mol. The van der Waals surface area contributed by atoms with Crippen LogP contribution < -0.4 is 10.2 Å². The summed E-state index contributed by atoms with van der Waals surface area (Å²) in [6.07, 6.45) is 2.74. The van der Waals surface area contributed by atoms with E-state index in [0.717, 1.165) is 12.3 Å². The van der Waals surface area contributed by atoms with Crippen molar-refractivity contribution in [3.63, 3.8) is 0 Å². The zero-order chi connectivity index (χ0) is 16.3. The molecule has 0 fully saturated rings. The topological polar surface area (TPSA) is 90.5 Å². The summed E-state index contributed by atoms with van der Waals surface area (Å²) in [4.78, 5) is 25.4. The maximum Gasteiger partial charge on any atom is 0.289 e. The van der Waals surface area contributed by atoms with E-state index in [1.807, 2.05) is 18.4 Å². The van der Waals surface area contributed by atoms with Crippen LogP contribution in [0.25, 0.3) is 0 Å². The van der Waals surface area contributed by atoms with Gasteiger partial charge >= 0.3 is 0 Å². The second-order valence-corrected chi connectivity index (χ2v) is 5.09. The van der Waals surface area contributed by atoms with Gasteiger partial charge in [0, 0.05) is 19.2 Å². The number of amides is 1. The van der Waals surface area contributed by atoms with Gasteiger partial charge in [0.25, 0.3) is 5.91 Å². The Morgan fingerprint density at radius 3 is 2.82 bits per heavy atom. The van der Waals surface area contributed by atoms with Crippen LogP contribution in [-0.2, 0) is 6.54 Å². The van der Waals surface area contributed by atoms with Crippen LogP contribution in [0.4, 0.5) is 0 Å². The number of aromatic nitrogens is 3. The average molecular weight is 306 g/mol. The van der Waals surface area contributed by atoms with Gasteiger partial charge in [0.15, 0.2) is 11.6 Å². The maximum atomic E-state index is 12.3. The van der Waals surface area contributed by atoms with Gasteiger partial charge < -0.3 is 18.6 Å². The maximum absolute atomic E-state index is 12.3. The molecule has 2 rings (SSSR count). The van der Waals surface area contributed by atoms with Crippen LogP contribution in [0.5, 0.6) is 5.75 Å². The molecule has 22 heavy (non-hydrogen) atoms. The number of carbonyl (C=O) groups is 1.